The van der Waals surface area contributed by atoms with Gasteiger partial charge in [-0.1, -0.05) is 5.16 Å². The largest absolute Gasteiger partial charge is 0.398 e. The maximum atomic E-state index is 5.38. The van der Waals surface area contributed by atoms with E-state index in [1.807, 2.05) is 0 Å². The van der Waals surface area contributed by atoms with E-state index in [0.717, 1.165) is 0 Å². The van der Waals surface area contributed by atoms with Crippen LogP contribution in [0.5, 0.6) is 0 Å². The Hall–Kier alpha value is -1.52. The summed E-state index contributed by atoms with van der Waals surface area (Å²) in [6.07, 6.45) is 1.72. The van der Waals surface area contributed by atoms with E-state index in [-0.39, 0.29) is 0 Å². The van der Waals surface area contributed by atoms with E-state index in [1.165, 1.54) is 7.11 Å². The van der Waals surface area contributed by atoms with E-state index in [9.17, 15) is 0 Å². The van der Waals surface area contributed by atoms with Crippen LogP contribution in [0.2, 0.25) is 0 Å². The summed E-state index contributed by atoms with van der Waals surface area (Å²) in [4.78, 5) is 4.55. The predicted octanol–water partition coefficient (Wildman–Crippen LogP) is 0.293. The molecule has 0 unspecified atom stereocenters. The highest BCUT2D eigenvalue weighted by Gasteiger charge is 1.96. The van der Waals surface area contributed by atoms with Crippen LogP contribution in [-0.4, -0.2) is 22.7 Å². The van der Waals surface area contributed by atoms with Gasteiger partial charge in [-0.05, 0) is 6.92 Å². The molecule has 0 aliphatic heterocycles. The molecule has 0 aliphatic rings. The first-order chi connectivity index (χ1) is 5.24. The van der Waals surface area contributed by atoms with Crippen molar-refractivity contribution in [1.82, 2.24) is 9.78 Å². The number of oxime groups is 1. The Bertz CT molecular complexity index is 265. The topological polar surface area (TPSA) is 65.4 Å². The first-order valence-corrected chi connectivity index (χ1v) is 3.13. The summed E-state index contributed by atoms with van der Waals surface area (Å²) in [5.41, 5.74) is 5.38. The molecule has 1 aromatic rings. The summed E-state index contributed by atoms with van der Waals surface area (Å²) in [6.45, 7) is 1.77. The van der Waals surface area contributed by atoms with Gasteiger partial charge < -0.3 is 10.6 Å². The second kappa shape index (κ2) is 3.05. The van der Waals surface area contributed by atoms with Crippen molar-refractivity contribution < 1.29 is 4.84 Å². The third kappa shape index (κ3) is 1.70. The molecule has 1 aromatic heterocycles. The molecule has 11 heavy (non-hydrogen) atoms. The second-order valence-corrected chi connectivity index (χ2v) is 2.01. The number of aromatic nitrogens is 2. The van der Waals surface area contributed by atoms with Crippen molar-refractivity contribution in [2.45, 2.75) is 6.92 Å². The normalized spacial score (nSPS) is 11.6. The molecule has 5 nitrogen and oxygen atoms in total. The van der Waals surface area contributed by atoms with Crippen molar-refractivity contribution in [3.05, 3.63) is 12.3 Å². The highest BCUT2D eigenvalue weighted by Crippen LogP contribution is 1.95. The minimum absolute atomic E-state index is 0.468. The van der Waals surface area contributed by atoms with Gasteiger partial charge in [-0.15, -0.1) is 5.10 Å². The SMILES string of the molecule is CO/N=C(\C)n1ccc(N)n1. The maximum absolute atomic E-state index is 5.38. The zero-order chi connectivity index (χ0) is 8.27. The van der Waals surface area contributed by atoms with Crippen LogP contribution in [0.25, 0.3) is 0 Å². The van der Waals surface area contributed by atoms with Gasteiger partial charge in [0.2, 0.25) is 0 Å². The first-order valence-electron chi connectivity index (χ1n) is 3.13. The Labute approximate surface area is 64.4 Å². The van der Waals surface area contributed by atoms with Gasteiger partial charge >= 0.3 is 0 Å². The number of nitrogen functional groups attached to an aromatic ring is 1. The Morgan fingerprint density at radius 1 is 1.82 bits per heavy atom. The highest BCUT2D eigenvalue weighted by atomic mass is 16.6. The molecule has 2 N–H and O–H groups in total. The molecule has 0 atom stereocenters. The third-order valence-corrected chi connectivity index (χ3v) is 1.16. The number of hydrogen-bond donors (Lipinski definition) is 1. The lowest BCUT2D eigenvalue weighted by atomic mass is 10.6. The van der Waals surface area contributed by atoms with Gasteiger partial charge in [-0.25, -0.2) is 4.68 Å². The molecular weight excluding hydrogens is 144 g/mol. The molecule has 0 bridgehead atoms. The molecule has 0 spiro atoms. The minimum atomic E-state index is 0.468. The van der Waals surface area contributed by atoms with E-state index in [2.05, 4.69) is 15.1 Å². The van der Waals surface area contributed by atoms with E-state index < -0.39 is 0 Å². The van der Waals surface area contributed by atoms with Crippen LogP contribution in [0.15, 0.2) is 17.4 Å². The lowest BCUT2D eigenvalue weighted by Crippen LogP contribution is -2.08. The van der Waals surface area contributed by atoms with Gasteiger partial charge in [0.1, 0.15) is 12.9 Å². The van der Waals surface area contributed by atoms with E-state index in [4.69, 9.17) is 5.73 Å². The predicted molar refractivity (Wildman–Crippen MR) is 42.2 cm³/mol. The monoisotopic (exact) mass is 154 g/mol. The zero-order valence-corrected chi connectivity index (χ0v) is 6.48. The Morgan fingerprint density at radius 3 is 3.00 bits per heavy atom. The van der Waals surface area contributed by atoms with E-state index in [0.29, 0.717) is 11.7 Å². The van der Waals surface area contributed by atoms with Crippen molar-refractivity contribution in [2.24, 2.45) is 5.16 Å². The number of nitrogens with two attached hydrogens (primary N) is 1. The molecule has 0 aliphatic carbocycles. The minimum Gasteiger partial charge on any atom is -0.398 e. The first kappa shape index (κ1) is 7.59. The summed E-state index contributed by atoms with van der Waals surface area (Å²) in [5.74, 6) is 1.11. The summed E-state index contributed by atoms with van der Waals surface area (Å²) in [5, 5.41) is 7.58. The van der Waals surface area contributed by atoms with Crippen LogP contribution in [0.4, 0.5) is 5.82 Å². The molecule has 0 aromatic carbocycles. The Balaban J connectivity index is 2.84. The molecule has 5 heteroatoms. The molecule has 1 heterocycles. The van der Waals surface area contributed by atoms with Crippen LogP contribution in [0.1, 0.15) is 6.92 Å². The average molecular weight is 154 g/mol. The van der Waals surface area contributed by atoms with Gasteiger partial charge in [0.25, 0.3) is 0 Å². The number of nitrogens with zero attached hydrogens (tertiary/aromatic N) is 3. The van der Waals surface area contributed by atoms with Gasteiger partial charge in [0.05, 0.1) is 0 Å². The Kier molecular flexibility index (Phi) is 2.10. The number of hydrogen-bond acceptors (Lipinski definition) is 4. The summed E-state index contributed by atoms with van der Waals surface area (Å²) >= 11 is 0. The third-order valence-electron chi connectivity index (χ3n) is 1.16. The second-order valence-electron chi connectivity index (χ2n) is 2.01. The smallest absolute Gasteiger partial charge is 0.165 e. The molecule has 0 fully saturated rings. The molecule has 60 valence electrons. The highest BCUT2D eigenvalue weighted by molar-refractivity contribution is 5.80. The van der Waals surface area contributed by atoms with Gasteiger partial charge in [-0.3, -0.25) is 0 Å². The maximum Gasteiger partial charge on any atom is 0.165 e. The standard InChI is InChI=1S/C6H10N4O/c1-5(9-11-2)10-4-3-6(7)8-10/h3-4H,1-2H3,(H2,7,8)/b9-5+. The summed E-state index contributed by atoms with van der Waals surface area (Å²) < 4.78 is 1.54. The summed E-state index contributed by atoms with van der Waals surface area (Å²) in [6, 6.07) is 1.69. The van der Waals surface area contributed by atoms with Gasteiger partial charge in [0, 0.05) is 12.3 Å². The van der Waals surface area contributed by atoms with E-state index >= 15 is 0 Å². The molecule has 0 saturated heterocycles. The molecule has 0 saturated carbocycles. The lowest BCUT2D eigenvalue weighted by molar-refractivity contribution is 0.211. The van der Waals surface area contributed by atoms with Crippen molar-refractivity contribution in [3.8, 4) is 0 Å². The van der Waals surface area contributed by atoms with Gasteiger partial charge in [0.15, 0.2) is 5.84 Å². The van der Waals surface area contributed by atoms with Crippen molar-refractivity contribution in [2.75, 3.05) is 12.8 Å². The Morgan fingerprint density at radius 2 is 2.55 bits per heavy atom. The fourth-order valence-corrected chi connectivity index (χ4v) is 0.692. The molecular formula is C6H10N4O. The van der Waals surface area contributed by atoms with Crippen LogP contribution in [0.3, 0.4) is 0 Å². The van der Waals surface area contributed by atoms with Crippen LogP contribution in [0, 0.1) is 0 Å². The quantitative estimate of drug-likeness (QED) is 0.359. The average Bonchev–Trinajstić information content (AvgIpc) is 2.36. The van der Waals surface area contributed by atoms with Crippen molar-refractivity contribution in [3.63, 3.8) is 0 Å². The fraction of sp³-hybridized carbons (Fsp3) is 0.333. The molecule has 1 rings (SSSR count). The van der Waals surface area contributed by atoms with Crippen LogP contribution < -0.4 is 5.73 Å². The van der Waals surface area contributed by atoms with Gasteiger partial charge in [-0.2, -0.15) is 0 Å². The number of anilines is 1. The van der Waals surface area contributed by atoms with Crippen LogP contribution in [-0.2, 0) is 4.84 Å². The zero-order valence-electron chi connectivity index (χ0n) is 6.48. The van der Waals surface area contributed by atoms with E-state index in [1.54, 1.807) is 23.9 Å². The lowest BCUT2D eigenvalue weighted by Gasteiger charge is -1.96. The van der Waals surface area contributed by atoms with Crippen molar-refractivity contribution >= 4 is 11.7 Å². The molecule has 0 amide bonds. The van der Waals surface area contributed by atoms with Crippen LogP contribution >= 0.6 is 0 Å². The molecule has 0 radical (unpaired) electrons. The summed E-state index contributed by atoms with van der Waals surface area (Å²) in [7, 11) is 1.48. The number of rotatable bonds is 1. The van der Waals surface area contributed by atoms with Crippen molar-refractivity contribution in [1.29, 1.82) is 0 Å². The fourth-order valence-electron chi connectivity index (χ4n) is 0.692.